The summed E-state index contributed by atoms with van der Waals surface area (Å²) in [6, 6.07) is 1.58. The van der Waals surface area contributed by atoms with Crippen LogP contribution in [-0.4, -0.2) is 40.0 Å². The van der Waals surface area contributed by atoms with Gasteiger partial charge in [0.15, 0.2) is 0 Å². The van der Waals surface area contributed by atoms with Gasteiger partial charge in [0.1, 0.15) is 5.15 Å². The topological polar surface area (TPSA) is 70.5 Å². The Bertz CT molecular complexity index is 488. The number of carboxylic acid groups (broad SMARTS) is 1. The van der Waals surface area contributed by atoms with Crippen molar-refractivity contribution in [2.24, 2.45) is 5.92 Å². The highest BCUT2D eigenvalue weighted by Gasteiger charge is 2.36. The number of carbonyl (C=O) groups excluding carboxylic acids is 1. The van der Waals surface area contributed by atoms with E-state index in [1.807, 2.05) is 0 Å². The monoisotopic (exact) mass is 318 g/mol. The van der Waals surface area contributed by atoms with Gasteiger partial charge in [-0.15, -0.1) is 0 Å². The molecular weight excluding hydrogens is 311 g/mol. The summed E-state index contributed by atoms with van der Waals surface area (Å²) in [6.07, 6.45) is 1.50. The van der Waals surface area contributed by atoms with Crippen molar-refractivity contribution in [2.75, 3.05) is 13.1 Å². The van der Waals surface area contributed by atoms with Crippen LogP contribution in [0.2, 0.25) is 5.15 Å². The van der Waals surface area contributed by atoms with E-state index in [0.29, 0.717) is 4.47 Å². The number of hydrogen-bond donors (Lipinski definition) is 1. The minimum Gasteiger partial charge on any atom is -0.481 e. The molecule has 2 rings (SSSR count). The van der Waals surface area contributed by atoms with Crippen LogP contribution in [0.1, 0.15) is 10.4 Å². The average Bonchev–Trinajstić information content (AvgIpc) is 2.18. The van der Waals surface area contributed by atoms with Gasteiger partial charge in [-0.1, -0.05) is 11.6 Å². The number of pyridine rings is 1. The maximum Gasteiger partial charge on any atom is 0.310 e. The quantitative estimate of drug-likeness (QED) is 0.842. The van der Waals surface area contributed by atoms with E-state index in [0.717, 1.165) is 0 Å². The third-order valence-electron chi connectivity index (χ3n) is 2.55. The van der Waals surface area contributed by atoms with Crippen LogP contribution in [0.25, 0.3) is 0 Å². The van der Waals surface area contributed by atoms with Crippen molar-refractivity contribution in [3.8, 4) is 0 Å². The van der Waals surface area contributed by atoms with Gasteiger partial charge in [-0.3, -0.25) is 9.59 Å². The largest absolute Gasteiger partial charge is 0.481 e. The fraction of sp³-hybridized carbons (Fsp3) is 0.300. The minimum atomic E-state index is -0.882. The van der Waals surface area contributed by atoms with Gasteiger partial charge in [0.25, 0.3) is 5.91 Å². The van der Waals surface area contributed by atoms with Gasteiger partial charge in [0, 0.05) is 23.8 Å². The fourth-order valence-electron chi connectivity index (χ4n) is 1.54. The van der Waals surface area contributed by atoms with Crippen LogP contribution in [0.3, 0.4) is 0 Å². The van der Waals surface area contributed by atoms with Crippen molar-refractivity contribution >= 4 is 39.4 Å². The Labute approximate surface area is 111 Å². The number of aromatic nitrogens is 1. The number of aliphatic carboxylic acids is 1. The highest BCUT2D eigenvalue weighted by Crippen LogP contribution is 2.24. The first kappa shape index (κ1) is 12.3. The lowest BCUT2D eigenvalue weighted by Crippen LogP contribution is -2.53. The second kappa shape index (κ2) is 4.62. The lowest BCUT2D eigenvalue weighted by atomic mass is 9.99. The van der Waals surface area contributed by atoms with Crippen molar-refractivity contribution < 1.29 is 14.7 Å². The molecule has 0 aliphatic carbocycles. The lowest BCUT2D eigenvalue weighted by molar-refractivity contribution is -0.146. The molecule has 17 heavy (non-hydrogen) atoms. The standard InChI is InChI=1S/C10H8BrClN2O3/c11-6-1-7(8(12)13-2-6)9(15)14-3-5(4-14)10(16)17/h1-2,5H,3-4H2,(H,16,17). The van der Waals surface area contributed by atoms with Gasteiger partial charge in [0.2, 0.25) is 0 Å². The molecule has 1 aliphatic heterocycles. The third kappa shape index (κ3) is 2.42. The molecule has 1 fully saturated rings. The van der Waals surface area contributed by atoms with E-state index in [2.05, 4.69) is 20.9 Å². The predicted molar refractivity (Wildman–Crippen MR) is 64.0 cm³/mol. The normalized spacial score (nSPS) is 15.5. The van der Waals surface area contributed by atoms with E-state index in [1.165, 1.54) is 11.1 Å². The number of hydrogen-bond acceptors (Lipinski definition) is 3. The van der Waals surface area contributed by atoms with Crippen LogP contribution in [0.4, 0.5) is 0 Å². The van der Waals surface area contributed by atoms with Crippen LogP contribution >= 0.6 is 27.5 Å². The SMILES string of the molecule is O=C(O)C1CN(C(=O)c2cc(Br)cnc2Cl)C1. The second-order valence-corrected chi connectivity index (χ2v) is 5.01. The lowest BCUT2D eigenvalue weighted by Gasteiger charge is -2.36. The van der Waals surface area contributed by atoms with Gasteiger partial charge in [0.05, 0.1) is 11.5 Å². The van der Waals surface area contributed by atoms with Gasteiger partial charge >= 0.3 is 5.97 Å². The molecular formula is C10H8BrClN2O3. The van der Waals surface area contributed by atoms with Crippen LogP contribution in [0.15, 0.2) is 16.7 Å². The van der Waals surface area contributed by atoms with E-state index in [4.69, 9.17) is 16.7 Å². The summed E-state index contributed by atoms with van der Waals surface area (Å²) >= 11 is 9.02. The van der Waals surface area contributed by atoms with Crippen LogP contribution < -0.4 is 0 Å². The van der Waals surface area contributed by atoms with E-state index < -0.39 is 11.9 Å². The molecule has 7 heteroatoms. The molecule has 1 amide bonds. The molecule has 0 aromatic carbocycles. The van der Waals surface area contributed by atoms with Gasteiger partial charge in [-0.2, -0.15) is 0 Å². The molecule has 0 atom stereocenters. The van der Waals surface area contributed by atoms with E-state index in [-0.39, 0.29) is 29.7 Å². The molecule has 0 spiro atoms. The number of amides is 1. The Balaban J connectivity index is 2.11. The third-order valence-corrected chi connectivity index (χ3v) is 3.29. The Kier molecular flexibility index (Phi) is 3.35. The summed E-state index contributed by atoms with van der Waals surface area (Å²) in [7, 11) is 0. The highest BCUT2D eigenvalue weighted by atomic mass is 79.9. The summed E-state index contributed by atoms with van der Waals surface area (Å²) in [5.41, 5.74) is 0.282. The molecule has 0 unspecified atom stereocenters. The summed E-state index contributed by atoms with van der Waals surface area (Å²) < 4.78 is 0.653. The summed E-state index contributed by atoms with van der Waals surface area (Å²) in [5, 5.41) is 8.84. The van der Waals surface area contributed by atoms with Gasteiger partial charge < -0.3 is 10.0 Å². The summed E-state index contributed by atoms with van der Waals surface area (Å²) in [6.45, 7) is 0.439. The second-order valence-electron chi connectivity index (χ2n) is 3.74. The molecule has 1 aromatic heterocycles. The van der Waals surface area contributed by atoms with Crippen LogP contribution in [0.5, 0.6) is 0 Å². The fourth-order valence-corrected chi connectivity index (χ4v) is 2.06. The van der Waals surface area contributed by atoms with E-state index >= 15 is 0 Å². The Morgan fingerprint density at radius 3 is 2.76 bits per heavy atom. The molecule has 1 saturated heterocycles. The van der Waals surface area contributed by atoms with Gasteiger partial charge in [-0.05, 0) is 22.0 Å². The van der Waals surface area contributed by atoms with Crippen molar-refractivity contribution in [2.45, 2.75) is 0 Å². The number of likely N-dealkylation sites (tertiary alicyclic amines) is 1. The molecule has 90 valence electrons. The van der Waals surface area contributed by atoms with Crippen LogP contribution in [-0.2, 0) is 4.79 Å². The van der Waals surface area contributed by atoms with Gasteiger partial charge in [-0.25, -0.2) is 4.98 Å². The Hall–Kier alpha value is -1.14. The Morgan fingerprint density at radius 2 is 2.18 bits per heavy atom. The van der Waals surface area contributed by atoms with Crippen molar-refractivity contribution in [3.63, 3.8) is 0 Å². The molecule has 2 heterocycles. The first-order valence-electron chi connectivity index (χ1n) is 4.82. The molecule has 1 aliphatic rings. The molecule has 1 aromatic rings. The first-order chi connectivity index (χ1) is 7.99. The van der Waals surface area contributed by atoms with Crippen molar-refractivity contribution in [1.29, 1.82) is 0 Å². The number of carboxylic acids is 1. The maximum atomic E-state index is 12.0. The van der Waals surface area contributed by atoms with Crippen molar-refractivity contribution in [3.05, 3.63) is 27.5 Å². The summed E-state index contributed by atoms with van der Waals surface area (Å²) in [5.74, 6) is -1.65. The zero-order chi connectivity index (χ0) is 12.6. The summed E-state index contributed by atoms with van der Waals surface area (Å²) in [4.78, 5) is 27.9. The number of halogens is 2. The first-order valence-corrected chi connectivity index (χ1v) is 5.99. The average molecular weight is 320 g/mol. The Morgan fingerprint density at radius 1 is 1.53 bits per heavy atom. The highest BCUT2D eigenvalue weighted by molar-refractivity contribution is 9.10. The predicted octanol–water partition coefficient (Wildman–Crippen LogP) is 1.65. The molecule has 0 saturated carbocycles. The molecule has 5 nitrogen and oxygen atoms in total. The van der Waals surface area contributed by atoms with Crippen molar-refractivity contribution in [1.82, 2.24) is 9.88 Å². The number of carbonyl (C=O) groups is 2. The zero-order valence-electron chi connectivity index (χ0n) is 8.56. The molecule has 0 bridgehead atoms. The molecule has 1 N–H and O–H groups in total. The smallest absolute Gasteiger partial charge is 0.310 e. The molecule has 0 radical (unpaired) electrons. The van der Waals surface area contributed by atoms with Crippen LogP contribution in [0, 0.1) is 5.92 Å². The zero-order valence-corrected chi connectivity index (χ0v) is 10.9. The minimum absolute atomic E-state index is 0.122. The maximum absolute atomic E-state index is 12.0. The van der Waals surface area contributed by atoms with E-state index in [1.54, 1.807) is 6.07 Å². The number of rotatable bonds is 2. The number of nitrogens with zero attached hydrogens (tertiary/aromatic N) is 2. The van der Waals surface area contributed by atoms with E-state index in [9.17, 15) is 9.59 Å².